The maximum absolute atomic E-state index is 5.65. The minimum atomic E-state index is 0.601. The Balaban J connectivity index is 1.54. The van der Waals surface area contributed by atoms with E-state index < -0.39 is 0 Å². The van der Waals surface area contributed by atoms with E-state index in [0.29, 0.717) is 13.2 Å². The first kappa shape index (κ1) is 20.6. The highest BCUT2D eigenvalue weighted by Gasteiger charge is 2.07. The molecule has 0 aliphatic heterocycles. The van der Waals surface area contributed by atoms with Gasteiger partial charge in [0.1, 0.15) is 0 Å². The second-order valence-electron chi connectivity index (χ2n) is 6.83. The van der Waals surface area contributed by atoms with E-state index in [2.05, 4.69) is 51.9 Å². The Morgan fingerprint density at radius 1 is 1.14 bits per heavy atom. The number of para-hydroxylation sites is 1. The molecule has 0 aliphatic rings. The van der Waals surface area contributed by atoms with E-state index in [0.717, 1.165) is 36.0 Å². The largest absolute Gasteiger partial charge is 0.493 e. The van der Waals surface area contributed by atoms with Gasteiger partial charge in [0, 0.05) is 37.2 Å². The number of nitrogens with zero attached hydrogens (tertiary/aromatic N) is 1. The van der Waals surface area contributed by atoms with Crippen LogP contribution in [0.4, 0.5) is 0 Å². The van der Waals surface area contributed by atoms with E-state index in [1.165, 1.54) is 22.0 Å². The number of guanidine groups is 1. The van der Waals surface area contributed by atoms with Gasteiger partial charge in [-0.05, 0) is 49.1 Å². The minimum absolute atomic E-state index is 0.601. The fourth-order valence-corrected chi connectivity index (χ4v) is 3.39. The van der Waals surface area contributed by atoms with Crippen LogP contribution in [0.2, 0.25) is 0 Å². The second kappa shape index (κ2) is 9.87. The van der Waals surface area contributed by atoms with Crippen molar-refractivity contribution in [3.8, 4) is 11.5 Å². The van der Waals surface area contributed by atoms with Crippen molar-refractivity contribution >= 4 is 16.9 Å². The molecule has 0 saturated carbocycles. The number of aromatic amines is 1. The van der Waals surface area contributed by atoms with Crippen LogP contribution in [0.5, 0.6) is 11.5 Å². The Hall–Kier alpha value is -3.15. The lowest BCUT2D eigenvalue weighted by Crippen LogP contribution is -2.37. The lowest BCUT2D eigenvalue weighted by Gasteiger charge is -2.14. The molecule has 0 radical (unpaired) electrons. The zero-order valence-electron chi connectivity index (χ0n) is 17.6. The summed E-state index contributed by atoms with van der Waals surface area (Å²) >= 11 is 0. The molecule has 1 heterocycles. The van der Waals surface area contributed by atoms with Gasteiger partial charge in [0.15, 0.2) is 17.5 Å². The van der Waals surface area contributed by atoms with E-state index >= 15 is 0 Å². The molecule has 6 heteroatoms. The maximum atomic E-state index is 5.65. The first-order valence-electron chi connectivity index (χ1n) is 9.96. The fourth-order valence-electron chi connectivity index (χ4n) is 3.39. The smallest absolute Gasteiger partial charge is 0.191 e. The van der Waals surface area contributed by atoms with Crippen LogP contribution < -0.4 is 20.1 Å². The van der Waals surface area contributed by atoms with Gasteiger partial charge >= 0.3 is 0 Å². The summed E-state index contributed by atoms with van der Waals surface area (Å²) in [5, 5.41) is 8.03. The number of aryl methyl sites for hydroxylation is 1. The van der Waals surface area contributed by atoms with Crippen molar-refractivity contribution in [3.63, 3.8) is 0 Å². The zero-order chi connectivity index (χ0) is 20.6. The Kier molecular flexibility index (Phi) is 7.00. The topological polar surface area (TPSA) is 70.7 Å². The number of methoxy groups -OCH3 is 1. The summed E-state index contributed by atoms with van der Waals surface area (Å²) in [7, 11) is 3.43. The van der Waals surface area contributed by atoms with E-state index in [1.54, 1.807) is 14.2 Å². The lowest BCUT2D eigenvalue weighted by atomic mass is 10.1. The summed E-state index contributed by atoms with van der Waals surface area (Å²) in [6, 6.07) is 12.3. The van der Waals surface area contributed by atoms with Crippen molar-refractivity contribution in [1.29, 1.82) is 0 Å². The Labute approximate surface area is 172 Å². The predicted molar refractivity (Wildman–Crippen MR) is 119 cm³/mol. The summed E-state index contributed by atoms with van der Waals surface area (Å²) in [4.78, 5) is 7.71. The molecule has 154 valence electrons. The van der Waals surface area contributed by atoms with Gasteiger partial charge in [0.25, 0.3) is 0 Å². The van der Waals surface area contributed by atoms with Gasteiger partial charge in [0.2, 0.25) is 0 Å². The van der Waals surface area contributed by atoms with Crippen molar-refractivity contribution in [3.05, 3.63) is 59.3 Å². The monoisotopic (exact) mass is 394 g/mol. The minimum Gasteiger partial charge on any atom is -0.493 e. The third-order valence-corrected chi connectivity index (χ3v) is 4.91. The number of fused-ring (bicyclic) bond motifs is 1. The molecule has 2 aromatic carbocycles. The molecule has 1 aromatic heterocycles. The number of aliphatic imine (C=N–C) groups is 1. The van der Waals surface area contributed by atoms with E-state index in [9.17, 15) is 0 Å². The average Bonchev–Trinajstić information content (AvgIpc) is 3.15. The van der Waals surface area contributed by atoms with Gasteiger partial charge in [0.05, 0.1) is 13.7 Å². The molecule has 0 fully saturated rings. The number of benzene rings is 2. The number of rotatable bonds is 8. The number of nitrogens with one attached hydrogen (secondary N) is 3. The van der Waals surface area contributed by atoms with Crippen LogP contribution in [-0.2, 0) is 13.0 Å². The maximum Gasteiger partial charge on any atom is 0.191 e. The Morgan fingerprint density at radius 3 is 2.76 bits per heavy atom. The molecular weight excluding hydrogens is 364 g/mol. The Bertz CT molecular complexity index is 978. The average molecular weight is 395 g/mol. The van der Waals surface area contributed by atoms with Crippen LogP contribution >= 0.6 is 0 Å². The number of hydrogen-bond acceptors (Lipinski definition) is 3. The highest BCUT2D eigenvalue weighted by atomic mass is 16.5. The molecule has 3 aromatic rings. The molecule has 3 rings (SSSR count). The molecule has 29 heavy (non-hydrogen) atoms. The molecule has 3 N–H and O–H groups in total. The first-order chi connectivity index (χ1) is 14.2. The number of H-pyrrole nitrogens is 1. The highest BCUT2D eigenvalue weighted by molar-refractivity contribution is 5.86. The molecule has 0 aliphatic carbocycles. The molecule has 0 amide bonds. The Morgan fingerprint density at radius 2 is 2.00 bits per heavy atom. The van der Waals surface area contributed by atoms with Crippen LogP contribution in [0.1, 0.15) is 23.6 Å². The van der Waals surface area contributed by atoms with Crippen LogP contribution in [0.25, 0.3) is 10.9 Å². The summed E-state index contributed by atoms with van der Waals surface area (Å²) < 4.78 is 11.0. The molecule has 6 nitrogen and oxygen atoms in total. The molecule has 0 atom stereocenters. The predicted octanol–water partition coefficient (Wildman–Crippen LogP) is 3.79. The van der Waals surface area contributed by atoms with Gasteiger partial charge in [-0.2, -0.15) is 0 Å². The van der Waals surface area contributed by atoms with Gasteiger partial charge in [-0.3, -0.25) is 4.99 Å². The molecule has 0 unspecified atom stereocenters. The molecule has 0 spiro atoms. The van der Waals surface area contributed by atoms with Crippen molar-refractivity contribution in [2.75, 3.05) is 27.3 Å². The van der Waals surface area contributed by atoms with E-state index in [1.807, 2.05) is 25.1 Å². The van der Waals surface area contributed by atoms with Crippen molar-refractivity contribution in [2.24, 2.45) is 4.99 Å². The van der Waals surface area contributed by atoms with Gasteiger partial charge in [-0.15, -0.1) is 0 Å². The molecule has 0 saturated heterocycles. The summed E-state index contributed by atoms with van der Waals surface area (Å²) in [5.74, 6) is 2.27. The fraction of sp³-hybridized carbons (Fsp3) is 0.348. The quantitative estimate of drug-likeness (QED) is 0.402. The zero-order valence-corrected chi connectivity index (χ0v) is 17.6. The summed E-state index contributed by atoms with van der Waals surface area (Å²) in [6.45, 7) is 6.14. The van der Waals surface area contributed by atoms with Crippen LogP contribution in [0, 0.1) is 6.92 Å². The molecule has 0 bridgehead atoms. The van der Waals surface area contributed by atoms with Crippen molar-refractivity contribution in [1.82, 2.24) is 15.6 Å². The third kappa shape index (κ3) is 5.02. The number of aromatic nitrogens is 1. The van der Waals surface area contributed by atoms with E-state index in [-0.39, 0.29) is 0 Å². The second-order valence-corrected chi connectivity index (χ2v) is 6.83. The highest BCUT2D eigenvalue weighted by Crippen LogP contribution is 2.28. The lowest BCUT2D eigenvalue weighted by molar-refractivity contribution is 0.310. The van der Waals surface area contributed by atoms with Gasteiger partial charge < -0.3 is 25.1 Å². The number of hydrogen-bond donors (Lipinski definition) is 3. The van der Waals surface area contributed by atoms with Crippen molar-refractivity contribution < 1.29 is 9.47 Å². The van der Waals surface area contributed by atoms with Crippen LogP contribution in [-0.4, -0.2) is 38.3 Å². The summed E-state index contributed by atoms with van der Waals surface area (Å²) in [5.41, 5.74) is 4.90. The van der Waals surface area contributed by atoms with Gasteiger partial charge in [-0.25, -0.2) is 0 Å². The van der Waals surface area contributed by atoms with Crippen molar-refractivity contribution in [2.45, 2.75) is 26.8 Å². The first-order valence-corrected chi connectivity index (χ1v) is 9.96. The standard InChI is InChI=1S/C23H30N4O2/c1-5-29-21-13-17(9-10-20(21)28-4)14-27-23(24-3)25-12-11-18-15-26-22-16(2)7-6-8-19(18)22/h6-10,13,15,26H,5,11-12,14H2,1-4H3,(H2,24,25,27). The van der Waals surface area contributed by atoms with E-state index in [4.69, 9.17) is 9.47 Å². The van der Waals surface area contributed by atoms with Crippen LogP contribution in [0.3, 0.4) is 0 Å². The normalized spacial score (nSPS) is 11.5. The van der Waals surface area contributed by atoms with Gasteiger partial charge in [-0.1, -0.05) is 24.3 Å². The summed E-state index contributed by atoms with van der Waals surface area (Å²) in [6.07, 6.45) is 3.02. The SMILES string of the molecule is CCOc1cc(CNC(=NC)NCCc2c[nH]c3c(C)cccc23)ccc1OC. The number of ether oxygens (including phenoxy) is 2. The molecular formula is C23H30N4O2. The third-order valence-electron chi connectivity index (χ3n) is 4.91. The van der Waals surface area contributed by atoms with Crippen LogP contribution in [0.15, 0.2) is 47.6 Å².